The monoisotopic (exact) mass is 323 g/mol. The van der Waals surface area contributed by atoms with Crippen LogP contribution in [0.4, 0.5) is 4.79 Å². The first kappa shape index (κ1) is 15.9. The number of aliphatic imine (C=N–C) groups is 1. The van der Waals surface area contributed by atoms with Crippen molar-refractivity contribution in [2.45, 2.75) is 19.3 Å². The molecule has 5 heteroatoms. The van der Waals surface area contributed by atoms with E-state index in [1.807, 2.05) is 48.5 Å². The maximum absolute atomic E-state index is 11.8. The number of fused-ring (bicyclic) bond motifs is 3. The summed E-state index contributed by atoms with van der Waals surface area (Å²) in [7, 11) is 0. The molecular formula is C19H17NO4. The number of hydrogen-bond donors (Lipinski definition) is 1. The summed E-state index contributed by atoms with van der Waals surface area (Å²) in [4.78, 5) is 26.3. The van der Waals surface area contributed by atoms with E-state index in [1.165, 1.54) is 0 Å². The number of carbonyl (C=O) groups excluding carboxylic acids is 1. The average molecular weight is 323 g/mol. The van der Waals surface area contributed by atoms with Crippen molar-refractivity contribution in [3.63, 3.8) is 0 Å². The minimum absolute atomic E-state index is 0.0635. The number of rotatable bonds is 4. The molecule has 2 aromatic rings. The third kappa shape index (κ3) is 2.93. The van der Waals surface area contributed by atoms with Crippen molar-refractivity contribution in [1.29, 1.82) is 0 Å². The zero-order valence-corrected chi connectivity index (χ0v) is 13.2. The van der Waals surface area contributed by atoms with Crippen molar-refractivity contribution in [2.24, 2.45) is 4.99 Å². The van der Waals surface area contributed by atoms with Gasteiger partial charge in [-0.05, 0) is 28.7 Å². The lowest BCUT2D eigenvalue weighted by atomic mass is 9.98. The van der Waals surface area contributed by atoms with Crippen LogP contribution in [0.5, 0.6) is 0 Å². The molecule has 0 saturated carbocycles. The first-order chi connectivity index (χ1) is 11.6. The third-order valence-corrected chi connectivity index (χ3v) is 4.14. The number of ether oxygens (including phenoxy) is 1. The summed E-state index contributed by atoms with van der Waals surface area (Å²) < 4.78 is 5.23. The second-order valence-electron chi connectivity index (χ2n) is 5.52. The van der Waals surface area contributed by atoms with Gasteiger partial charge in [0.05, 0.1) is 0 Å². The molecule has 5 nitrogen and oxygen atoms in total. The Labute approximate surface area is 139 Å². The van der Waals surface area contributed by atoms with Crippen LogP contribution in [0.3, 0.4) is 0 Å². The number of carbonyl (C=O) groups is 2. The van der Waals surface area contributed by atoms with E-state index in [2.05, 4.69) is 4.99 Å². The Hall–Kier alpha value is -2.95. The molecule has 0 aromatic heterocycles. The van der Waals surface area contributed by atoms with Gasteiger partial charge in [-0.3, -0.25) is 0 Å². The van der Waals surface area contributed by atoms with E-state index in [9.17, 15) is 9.59 Å². The van der Waals surface area contributed by atoms with Crippen LogP contribution >= 0.6 is 0 Å². The second-order valence-corrected chi connectivity index (χ2v) is 5.52. The molecule has 0 atom stereocenters. The number of nitrogens with zero attached hydrogens (tertiary/aromatic N) is 1. The van der Waals surface area contributed by atoms with E-state index in [0.717, 1.165) is 22.3 Å². The van der Waals surface area contributed by atoms with Gasteiger partial charge in [0, 0.05) is 5.92 Å². The van der Waals surface area contributed by atoms with Crippen molar-refractivity contribution in [3.8, 4) is 11.1 Å². The van der Waals surface area contributed by atoms with Crippen LogP contribution in [0.2, 0.25) is 0 Å². The van der Waals surface area contributed by atoms with Crippen LogP contribution in [0.25, 0.3) is 11.1 Å². The van der Waals surface area contributed by atoms with Crippen LogP contribution in [-0.4, -0.2) is 29.5 Å². The van der Waals surface area contributed by atoms with Crippen LogP contribution < -0.4 is 0 Å². The van der Waals surface area contributed by atoms with Crippen molar-refractivity contribution >= 4 is 17.8 Å². The smallest absolute Gasteiger partial charge is 0.434 e. The summed E-state index contributed by atoms with van der Waals surface area (Å²) in [6.45, 7) is 1.76. The molecule has 1 aliphatic carbocycles. The molecule has 0 bridgehead atoms. The zero-order chi connectivity index (χ0) is 17.1. The molecule has 1 N–H and O–H groups in total. The van der Waals surface area contributed by atoms with Crippen molar-refractivity contribution in [1.82, 2.24) is 0 Å². The molecule has 1 amide bonds. The second kappa shape index (κ2) is 6.66. The van der Waals surface area contributed by atoms with E-state index in [4.69, 9.17) is 9.84 Å². The summed E-state index contributed by atoms with van der Waals surface area (Å²) in [5, 5.41) is 8.92. The number of benzene rings is 2. The Morgan fingerprint density at radius 3 is 2.08 bits per heavy atom. The quantitative estimate of drug-likeness (QED) is 0.867. The molecule has 24 heavy (non-hydrogen) atoms. The van der Waals surface area contributed by atoms with Gasteiger partial charge in [-0.1, -0.05) is 55.5 Å². The van der Waals surface area contributed by atoms with Crippen LogP contribution in [0.1, 0.15) is 30.4 Å². The fraction of sp³-hybridized carbons (Fsp3) is 0.211. The molecule has 0 fully saturated rings. The minimum Gasteiger partial charge on any atom is -0.477 e. The number of carboxylic acid groups (broad SMARTS) is 1. The molecule has 0 aliphatic heterocycles. The van der Waals surface area contributed by atoms with Crippen molar-refractivity contribution in [3.05, 3.63) is 59.7 Å². The van der Waals surface area contributed by atoms with Gasteiger partial charge < -0.3 is 9.84 Å². The summed E-state index contributed by atoms with van der Waals surface area (Å²) in [6, 6.07) is 16.0. The molecule has 0 spiro atoms. The Bertz CT molecular complexity index is 780. The Morgan fingerprint density at radius 1 is 1.04 bits per heavy atom. The molecule has 3 rings (SSSR count). The van der Waals surface area contributed by atoms with Crippen molar-refractivity contribution in [2.75, 3.05) is 6.61 Å². The number of hydrogen-bond acceptors (Lipinski definition) is 3. The van der Waals surface area contributed by atoms with Gasteiger partial charge >= 0.3 is 12.1 Å². The van der Waals surface area contributed by atoms with E-state index in [-0.39, 0.29) is 24.7 Å². The maximum Gasteiger partial charge on any atom is 0.434 e. The van der Waals surface area contributed by atoms with Gasteiger partial charge in [0.25, 0.3) is 0 Å². The third-order valence-electron chi connectivity index (χ3n) is 4.14. The molecular weight excluding hydrogens is 306 g/mol. The topological polar surface area (TPSA) is 76.0 Å². The zero-order valence-electron chi connectivity index (χ0n) is 13.2. The number of aliphatic carboxylic acids is 1. The van der Waals surface area contributed by atoms with E-state index >= 15 is 0 Å². The summed E-state index contributed by atoms with van der Waals surface area (Å²) in [5.74, 6) is -1.27. The highest BCUT2D eigenvalue weighted by atomic mass is 16.5. The van der Waals surface area contributed by atoms with Gasteiger partial charge in [-0.25, -0.2) is 9.59 Å². The Kier molecular flexibility index (Phi) is 4.42. The predicted molar refractivity (Wildman–Crippen MR) is 90.4 cm³/mol. The normalized spacial score (nSPS) is 13.3. The summed E-state index contributed by atoms with van der Waals surface area (Å²) in [5.41, 5.74) is 4.27. The molecule has 1 aliphatic rings. The van der Waals surface area contributed by atoms with Gasteiger partial charge in [0.15, 0.2) is 0 Å². The molecule has 2 aromatic carbocycles. The summed E-state index contributed by atoms with van der Waals surface area (Å²) in [6.07, 6.45) is -0.699. The highest BCUT2D eigenvalue weighted by Gasteiger charge is 2.29. The first-order valence-corrected chi connectivity index (χ1v) is 7.77. The number of carboxylic acids is 1. The van der Waals surface area contributed by atoms with Gasteiger partial charge in [0.1, 0.15) is 12.3 Å². The van der Waals surface area contributed by atoms with E-state index < -0.39 is 12.1 Å². The van der Waals surface area contributed by atoms with E-state index in [1.54, 1.807) is 6.92 Å². The SMILES string of the molecule is CCC(=NC(=O)OCC1c2ccccc2-c2ccccc21)C(=O)O. The maximum atomic E-state index is 11.8. The highest BCUT2D eigenvalue weighted by Crippen LogP contribution is 2.44. The molecule has 122 valence electrons. The molecule has 0 radical (unpaired) electrons. The van der Waals surface area contributed by atoms with Crippen LogP contribution in [-0.2, 0) is 9.53 Å². The Morgan fingerprint density at radius 2 is 1.58 bits per heavy atom. The largest absolute Gasteiger partial charge is 0.477 e. The van der Waals surface area contributed by atoms with Crippen molar-refractivity contribution < 1.29 is 19.4 Å². The number of amides is 1. The van der Waals surface area contributed by atoms with Crippen LogP contribution in [0, 0.1) is 0 Å². The first-order valence-electron chi connectivity index (χ1n) is 7.77. The molecule has 0 saturated heterocycles. The minimum atomic E-state index is -1.20. The lowest BCUT2D eigenvalue weighted by Crippen LogP contribution is -2.16. The van der Waals surface area contributed by atoms with E-state index in [0.29, 0.717) is 0 Å². The highest BCUT2D eigenvalue weighted by molar-refractivity contribution is 6.36. The van der Waals surface area contributed by atoms with Gasteiger partial charge in [0.2, 0.25) is 0 Å². The van der Waals surface area contributed by atoms with Gasteiger partial charge in [-0.15, -0.1) is 0 Å². The standard InChI is InChI=1S/C19H17NO4/c1-2-17(18(21)22)20-19(23)24-11-16-14-9-5-3-7-12(14)13-8-4-6-10-15(13)16/h3-10,16H,2,11H2,1H3,(H,21,22). The summed E-state index contributed by atoms with van der Waals surface area (Å²) >= 11 is 0. The molecule has 0 heterocycles. The lowest BCUT2D eigenvalue weighted by Gasteiger charge is -2.13. The lowest BCUT2D eigenvalue weighted by molar-refractivity contribution is -0.129. The van der Waals surface area contributed by atoms with Gasteiger partial charge in [-0.2, -0.15) is 4.99 Å². The fourth-order valence-corrected chi connectivity index (χ4v) is 3.01. The Balaban J connectivity index is 1.81. The molecule has 0 unspecified atom stereocenters. The predicted octanol–water partition coefficient (Wildman–Crippen LogP) is 3.87. The fourth-order valence-electron chi connectivity index (χ4n) is 3.01. The average Bonchev–Trinajstić information content (AvgIpc) is 2.91. The van der Waals surface area contributed by atoms with Crippen LogP contribution in [0.15, 0.2) is 53.5 Å².